The molecule has 0 aliphatic heterocycles. The monoisotopic (exact) mass is 315 g/mol. The van der Waals surface area contributed by atoms with E-state index in [0.29, 0.717) is 6.54 Å². The van der Waals surface area contributed by atoms with Crippen LogP contribution in [0.3, 0.4) is 0 Å². The SMILES string of the molecule is c1cnc2n[nH]c(Cn3ccnc3-c3cccc4ccnn34)c2c1. The van der Waals surface area contributed by atoms with Crippen LogP contribution in [0.4, 0.5) is 0 Å². The quantitative estimate of drug-likeness (QED) is 0.555. The van der Waals surface area contributed by atoms with Gasteiger partial charge in [-0.2, -0.15) is 10.2 Å². The Balaban J connectivity index is 1.62. The van der Waals surface area contributed by atoms with E-state index >= 15 is 0 Å². The Hall–Kier alpha value is -3.48. The number of aromatic amines is 1. The normalized spacial score (nSPS) is 11.5. The van der Waals surface area contributed by atoms with Crippen LogP contribution < -0.4 is 0 Å². The third-order valence-electron chi connectivity index (χ3n) is 4.10. The summed E-state index contributed by atoms with van der Waals surface area (Å²) in [4.78, 5) is 8.79. The molecular formula is C17H13N7. The van der Waals surface area contributed by atoms with Crippen LogP contribution in [0.25, 0.3) is 28.1 Å². The molecule has 0 bridgehead atoms. The minimum Gasteiger partial charge on any atom is -0.324 e. The summed E-state index contributed by atoms with van der Waals surface area (Å²) in [6.45, 7) is 0.634. The zero-order valence-corrected chi connectivity index (χ0v) is 12.7. The molecule has 5 aromatic rings. The zero-order valence-electron chi connectivity index (χ0n) is 12.7. The van der Waals surface area contributed by atoms with Gasteiger partial charge in [-0.05, 0) is 30.3 Å². The number of imidazole rings is 1. The highest BCUT2D eigenvalue weighted by Gasteiger charge is 2.13. The molecule has 5 rings (SSSR count). The Kier molecular flexibility index (Phi) is 2.72. The lowest BCUT2D eigenvalue weighted by Crippen LogP contribution is -2.05. The first-order valence-electron chi connectivity index (χ1n) is 7.62. The Morgan fingerprint density at radius 1 is 0.958 bits per heavy atom. The first kappa shape index (κ1) is 13.0. The zero-order chi connectivity index (χ0) is 15.9. The summed E-state index contributed by atoms with van der Waals surface area (Å²) >= 11 is 0. The number of nitrogens with zero attached hydrogens (tertiary/aromatic N) is 6. The number of aromatic nitrogens is 7. The standard InChI is InChI=1S/C17H13N7/c1-3-12-6-8-20-24(12)15(5-1)17-19-9-10-23(17)11-14-13-4-2-7-18-16(13)22-21-14/h1-10H,11H2,(H,18,21,22). The van der Waals surface area contributed by atoms with Crippen molar-refractivity contribution in [2.24, 2.45) is 0 Å². The number of rotatable bonds is 3. The van der Waals surface area contributed by atoms with Gasteiger partial charge in [0.25, 0.3) is 0 Å². The van der Waals surface area contributed by atoms with Crippen LogP contribution in [0.15, 0.2) is 61.2 Å². The van der Waals surface area contributed by atoms with Gasteiger partial charge < -0.3 is 4.57 Å². The molecule has 116 valence electrons. The van der Waals surface area contributed by atoms with Gasteiger partial charge in [-0.3, -0.25) is 5.10 Å². The molecule has 1 N–H and O–H groups in total. The van der Waals surface area contributed by atoms with Crippen LogP contribution in [0.2, 0.25) is 0 Å². The topological polar surface area (TPSA) is 76.7 Å². The lowest BCUT2D eigenvalue weighted by molar-refractivity contribution is 0.772. The summed E-state index contributed by atoms with van der Waals surface area (Å²) in [6, 6.07) is 12.0. The first-order chi connectivity index (χ1) is 11.9. The number of pyridine rings is 2. The van der Waals surface area contributed by atoms with Crippen LogP contribution in [0, 0.1) is 0 Å². The number of hydrogen-bond acceptors (Lipinski definition) is 4. The summed E-state index contributed by atoms with van der Waals surface area (Å²) in [5.74, 6) is 0.857. The molecule has 0 fully saturated rings. The van der Waals surface area contributed by atoms with Crippen molar-refractivity contribution in [1.82, 2.24) is 34.3 Å². The average molecular weight is 315 g/mol. The van der Waals surface area contributed by atoms with Gasteiger partial charge >= 0.3 is 0 Å². The van der Waals surface area contributed by atoms with Crippen molar-refractivity contribution in [3.63, 3.8) is 0 Å². The minimum absolute atomic E-state index is 0.634. The van der Waals surface area contributed by atoms with Crippen LogP contribution in [0.5, 0.6) is 0 Å². The third-order valence-corrected chi connectivity index (χ3v) is 4.10. The van der Waals surface area contributed by atoms with E-state index in [9.17, 15) is 0 Å². The minimum atomic E-state index is 0.634. The molecule has 7 nitrogen and oxygen atoms in total. The fourth-order valence-corrected chi connectivity index (χ4v) is 2.98. The molecule has 24 heavy (non-hydrogen) atoms. The van der Waals surface area contributed by atoms with E-state index in [-0.39, 0.29) is 0 Å². The summed E-state index contributed by atoms with van der Waals surface area (Å²) in [5.41, 5.74) is 3.72. The maximum Gasteiger partial charge on any atom is 0.181 e. The maximum atomic E-state index is 4.53. The van der Waals surface area contributed by atoms with Gasteiger partial charge in [0.1, 0.15) is 5.69 Å². The van der Waals surface area contributed by atoms with E-state index < -0.39 is 0 Å². The molecular weight excluding hydrogens is 302 g/mol. The molecule has 5 heterocycles. The third kappa shape index (κ3) is 1.91. The van der Waals surface area contributed by atoms with Crippen molar-refractivity contribution >= 4 is 16.6 Å². The Labute approximate surface area is 136 Å². The fraction of sp³-hybridized carbons (Fsp3) is 0.0588. The van der Waals surface area contributed by atoms with Crippen molar-refractivity contribution in [2.45, 2.75) is 6.54 Å². The van der Waals surface area contributed by atoms with Gasteiger partial charge in [0.2, 0.25) is 0 Å². The number of hydrogen-bond donors (Lipinski definition) is 1. The number of H-pyrrole nitrogens is 1. The molecule has 0 saturated heterocycles. The van der Waals surface area contributed by atoms with E-state index in [1.165, 1.54) is 0 Å². The molecule has 0 unspecified atom stereocenters. The lowest BCUT2D eigenvalue weighted by atomic mass is 10.2. The Morgan fingerprint density at radius 3 is 2.96 bits per heavy atom. The summed E-state index contributed by atoms with van der Waals surface area (Å²) in [6.07, 6.45) is 7.30. The molecule has 0 aliphatic carbocycles. The van der Waals surface area contributed by atoms with E-state index in [0.717, 1.165) is 33.8 Å². The molecule has 0 spiro atoms. The molecule has 5 aromatic heterocycles. The molecule has 0 atom stereocenters. The van der Waals surface area contributed by atoms with Gasteiger partial charge in [0.05, 0.1) is 24.0 Å². The molecule has 0 aromatic carbocycles. The predicted molar refractivity (Wildman–Crippen MR) is 89.4 cm³/mol. The van der Waals surface area contributed by atoms with Gasteiger partial charge in [-0.15, -0.1) is 0 Å². The second-order valence-corrected chi connectivity index (χ2v) is 5.53. The molecule has 7 heteroatoms. The van der Waals surface area contributed by atoms with Gasteiger partial charge in [-0.25, -0.2) is 14.5 Å². The van der Waals surface area contributed by atoms with Crippen molar-refractivity contribution in [3.05, 3.63) is 66.9 Å². The van der Waals surface area contributed by atoms with Gasteiger partial charge in [0, 0.05) is 24.0 Å². The van der Waals surface area contributed by atoms with Crippen molar-refractivity contribution in [3.8, 4) is 11.5 Å². The van der Waals surface area contributed by atoms with E-state index in [2.05, 4.69) is 29.8 Å². The van der Waals surface area contributed by atoms with Gasteiger partial charge in [0.15, 0.2) is 11.5 Å². The maximum absolute atomic E-state index is 4.53. The van der Waals surface area contributed by atoms with Crippen molar-refractivity contribution < 1.29 is 0 Å². The molecule has 0 radical (unpaired) electrons. The van der Waals surface area contributed by atoms with Crippen LogP contribution in [0.1, 0.15) is 5.69 Å². The summed E-state index contributed by atoms with van der Waals surface area (Å²) < 4.78 is 3.97. The highest BCUT2D eigenvalue weighted by atomic mass is 15.2. The Bertz CT molecular complexity index is 1150. The van der Waals surface area contributed by atoms with E-state index in [1.807, 2.05) is 47.1 Å². The summed E-state index contributed by atoms with van der Waals surface area (Å²) in [5, 5.41) is 12.8. The number of fused-ring (bicyclic) bond motifs is 2. The highest BCUT2D eigenvalue weighted by Crippen LogP contribution is 2.21. The second-order valence-electron chi connectivity index (χ2n) is 5.53. The van der Waals surface area contributed by atoms with Crippen molar-refractivity contribution in [1.29, 1.82) is 0 Å². The van der Waals surface area contributed by atoms with E-state index in [4.69, 9.17) is 0 Å². The number of nitrogens with one attached hydrogen (secondary N) is 1. The van der Waals surface area contributed by atoms with Crippen molar-refractivity contribution in [2.75, 3.05) is 0 Å². The van der Waals surface area contributed by atoms with Crippen LogP contribution >= 0.6 is 0 Å². The molecule has 0 amide bonds. The summed E-state index contributed by atoms with van der Waals surface area (Å²) in [7, 11) is 0. The average Bonchev–Trinajstić information content (AvgIpc) is 3.34. The van der Waals surface area contributed by atoms with Crippen LogP contribution in [-0.4, -0.2) is 34.3 Å². The van der Waals surface area contributed by atoms with Gasteiger partial charge in [-0.1, -0.05) is 6.07 Å². The first-order valence-corrected chi connectivity index (χ1v) is 7.62. The highest BCUT2D eigenvalue weighted by molar-refractivity contribution is 5.77. The predicted octanol–water partition coefficient (Wildman–Crippen LogP) is 2.52. The largest absolute Gasteiger partial charge is 0.324 e. The molecule has 0 aliphatic rings. The van der Waals surface area contributed by atoms with E-state index in [1.54, 1.807) is 18.6 Å². The smallest absolute Gasteiger partial charge is 0.181 e. The molecule has 0 saturated carbocycles. The van der Waals surface area contributed by atoms with Crippen LogP contribution in [-0.2, 0) is 6.54 Å². The Morgan fingerprint density at radius 2 is 1.96 bits per heavy atom. The fourth-order valence-electron chi connectivity index (χ4n) is 2.98. The lowest BCUT2D eigenvalue weighted by Gasteiger charge is -2.08. The second kappa shape index (κ2) is 5.02.